The first-order chi connectivity index (χ1) is 7.43. The van der Waals surface area contributed by atoms with Crippen molar-refractivity contribution in [1.82, 2.24) is 0 Å². The molecule has 0 bridgehead atoms. The van der Waals surface area contributed by atoms with Gasteiger partial charge in [-0.15, -0.1) is 0 Å². The predicted octanol–water partition coefficient (Wildman–Crippen LogP) is 2.66. The zero-order valence-corrected chi connectivity index (χ0v) is 8.73. The van der Waals surface area contributed by atoms with Crippen LogP contribution in [0.5, 0.6) is 0 Å². The first kappa shape index (κ1) is 13.4. The van der Waals surface area contributed by atoms with E-state index in [4.69, 9.17) is 0 Å². The molecule has 1 fully saturated rings. The van der Waals surface area contributed by atoms with Gasteiger partial charge in [-0.05, 0) is 12.8 Å². The van der Waals surface area contributed by atoms with E-state index in [0.29, 0.717) is 0 Å². The number of halogens is 4. The molecule has 16 heavy (non-hydrogen) atoms. The number of rotatable bonds is 6. The van der Waals surface area contributed by atoms with E-state index in [2.05, 4.69) is 4.74 Å². The molecule has 1 saturated carbocycles. The highest BCUT2D eigenvalue weighted by molar-refractivity contribution is 5.82. The van der Waals surface area contributed by atoms with E-state index in [-0.39, 0.29) is 11.7 Å². The summed E-state index contributed by atoms with van der Waals surface area (Å²) in [5, 5.41) is 0. The van der Waals surface area contributed by atoms with E-state index in [1.165, 1.54) is 0 Å². The van der Waals surface area contributed by atoms with Gasteiger partial charge in [-0.3, -0.25) is 4.79 Å². The van der Waals surface area contributed by atoms with Crippen LogP contribution in [-0.4, -0.2) is 31.3 Å². The van der Waals surface area contributed by atoms with Gasteiger partial charge in [-0.2, -0.15) is 8.78 Å². The fraction of sp³-hybridized carbons (Fsp3) is 0.900. The Labute approximate surface area is 91.0 Å². The third kappa shape index (κ3) is 3.73. The highest BCUT2D eigenvalue weighted by atomic mass is 19.3. The Bertz CT molecular complexity index is 237. The molecule has 0 spiro atoms. The van der Waals surface area contributed by atoms with Crippen LogP contribution in [0.4, 0.5) is 17.6 Å². The lowest BCUT2D eigenvalue weighted by atomic mass is 10.0. The third-order valence-electron chi connectivity index (χ3n) is 2.67. The first-order valence-corrected chi connectivity index (χ1v) is 5.20. The summed E-state index contributed by atoms with van der Waals surface area (Å²) in [5.74, 6) is -4.57. The van der Waals surface area contributed by atoms with Crippen LogP contribution in [0.2, 0.25) is 0 Å². The predicted molar refractivity (Wildman–Crippen MR) is 48.7 cm³/mol. The maximum Gasteiger partial charge on any atom is 0.330 e. The van der Waals surface area contributed by atoms with Gasteiger partial charge in [0, 0.05) is 5.92 Å². The van der Waals surface area contributed by atoms with Crippen LogP contribution in [0.25, 0.3) is 0 Å². The highest BCUT2D eigenvalue weighted by Gasteiger charge is 2.41. The van der Waals surface area contributed by atoms with E-state index in [1.54, 1.807) is 0 Å². The molecule has 0 aromatic heterocycles. The molecule has 0 aromatic rings. The van der Waals surface area contributed by atoms with Crippen molar-refractivity contribution in [3.8, 4) is 0 Å². The maximum absolute atomic E-state index is 12.4. The number of ketones is 1. The molecule has 2 nitrogen and oxygen atoms in total. The van der Waals surface area contributed by atoms with E-state index in [9.17, 15) is 22.4 Å². The van der Waals surface area contributed by atoms with Gasteiger partial charge in [-0.25, -0.2) is 8.78 Å². The Balaban J connectivity index is 2.22. The van der Waals surface area contributed by atoms with Crippen LogP contribution < -0.4 is 0 Å². The number of hydrogen-bond acceptors (Lipinski definition) is 2. The van der Waals surface area contributed by atoms with Crippen LogP contribution in [0, 0.1) is 5.92 Å². The Kier molecular flexibility index (Phi) is 4.70. The summed E-state index contributed by atoms with van der Waals surface area (Å²) in [6.07, 6.45) is -0.372. The number of ether oxygens (including phenoxy) is 1. The lowest BCUT2D eigenvalue weighted by Gasteiger charge is -2.15. The first-order valence-electron chi connectivity index (χ1n) is 5.20. The minimum absolute atomic E-state index is 0.139. The molecular formula is C10H14F4O2. The number of carbonyl (C=O) groups excluding carboxylic acids is 1. The van der Waals surface area contributed by atoms with E-state index < -0.39 is 25.6 Å². The quantitative estimate of drug-likeness (QED) is 0.669. The average molecular weight is 242 g/mol. The van der Waals surface area contributed by atoms with Gasteiger partial charge in [0.15, 0.2) is 5.78 Å². The van der Waals surface area contributed by atoms with Crippen LogP contribution >= 0.6 is 0 Å². The molecule has 1 rings (SSSR count). The van der Waals surface area contributed by atoms with Gasteiger partial charge < -0.3 is 4.74 Å². The molecule has 1 aliphatic rings. The van der Waals surface area contributed by atoms with E-state index in [0.717, 1.165) is 25.7 Å². The van der Waals surface area contributed by atoms with Crippen molar-refractivity contribution in [2.24, 2.45) is 5.92 Å². The van der Waals surface area contributed by atoms with Gasteiger partial charge >= 0.3 is 12.3 Å². The zero-order valence-electron chi connectivity index (χ0n) is 8.73. The molecule has 94 valence electrons. The lowest BCUT2D eigenvalue weighted by Crippen LogP contribution is -2.33. The Morgan fingerprint density at radius 2 is 1.88 bits per heavy atom. The molecule has 1 aliphatic carbocycles. The molecule has 0 N–H and O–H groups in total. The minimum Gasteiger partial charge on any atom is -0.367 e. The summed E-state index contributed by atoms with van der Waals surface area (Å²) < 4.78 is 52.6. The number of carbonyl (C=O) groups is 1. The van der Waals surface area contributed by atoms with Gasteiger partial charge in [-0.1, -0.05) is 12.8 Å². The number of alkyl halides is 4. The summed E-state index contributed by atoms with van der Waals surface area (Å²) >= 11 is 0. The number of hydrogen-bond donors (Lipinski definition) is 0. The molecule has 6 heteroatoms. The lowest BCUT2D eigenvalue weighted by molar-refractivity contribution is -0.168. The van der Waals surface area contributed by atoms with E-state index in [1.807, 2.05) is 0 Å². The summed E-state index contributed by atoms with van der Waals surface area (Å²) in [5.41, 5.74) is 0. The summed E-state index contributed by atoms with van der Waals surface area (Å²) in [6, 6.07) is 0. The molecule has 0 heterocycles. The Morgan fingerprint density at radius 1 is 1.31 bits per heavy atom. The second kappa shape index (κ2) is 5.61. The molecule has 0 unspecified atom stereocenters. The van der Waals surface area contributed by atoms with Crippen molar-refractivity contribution in [1.29, 1.82) is 0 Å². The topological polar surface area (TPSA) is 26.3 Å². The Hall–Kier alpha value is -0.650. The molecule has 0 atom stereocenters. The van der Waals surface area contributed by atoms with Crippen molar-refractivity contribution >= 4 is 5.78 Å². The van der Waals surface area contributed by atoms with Crippen molar-refractivity contribution in [3.05, 3.63) is 0 Å². The highest BCUT2D eigenvalue weighted by Crippen LogP contribution is 2.26. The summed E-state index contributed by atoms with van der Waals surface area (Å²) in [6.45, 7) is -1.89. The average Bonchev–Trinajstić information content (AvgIpc) is 2.69. The minimum atomic E-state index is -4.17. The molecule has 0 saturated heterocycles. The summed E-state index contributed by atoms with van der Waals surface area (Å²) in [7, 11) is 0. The molecule has 0 radical (unpaired) electrons. The van der Waals surface area contributed by atoms with Crippen molar-refractivity contribution < 1.29 is 27.1 Å². The second-order valence-corrected chi connectivity index (χ2v) is 4.00. The third-order valence-corrected chi connectivity index (χ3v) is 2.67. The Morgan fingerprint density at radius 3 is 2.38 bits per heavy atom. The van der Waals surface area contributed by atoms with Crippen molar-refractivity contribution in [2.45, 2.75) is 38.0 Å². The summed E-state index contributed by atoms with van der Waals surface area (Å²) in [4.78, 5) is 11.3. The second-order valence-electron chi connectivity index (χ2n) is 4.00. The molecule has 0 aliphatic heterocycles. The van der Waals surface area contributed by atoms with Crippen LogP contribution in [0.15, 0.2) is 0 Å². The van der Waals surface area contributed by atoms with Crippen LogP contribution in [-0.2, 0) is 9.53 Å². The standard InChI is InChI=1S/C10H14F4O2/c11-9(12)10(13,14)6-16-5-8(15)7-3-1-2-4-7/h7,9H,1-6H2. The smallest absolute Gasteiger partial charge is 0.330 e. The van der Waals surface area contributed by atoms with Gasteiger partial charge in [0.25, 0.3) is 0 Å². The van der Waals surface area contributed by atoms with Crippen molar-refractivity contribution in [3.63, 3.8) is 0 Å². The van der Waals surface area contributed by atoms with Gasteiger partial charge in [0.05, 0.1) is 0 Å². The van der Waals surface area contributed by atoms with E-state index >= 15 is 0 Å². The monoisotopic (exact) mass is 242 g/mol. The normalized spacial score (nSPS) is 18.3. The number of Topliss-reactive ketones (excluding diaryl/α,β-unsaturated/α-hetero) is 1. The zero-order chi connectivity index (χ0) is 12.2. The SMILES string of the molecule is O=C(COCC(F)(F)C(F)F)C1CCCC1. The molecule has 0 aromatic carbocycles. The fourth-order valence-corrected chi connectivity index (χ4v) is 1.72. The van der Waals surface area contributed by atoms with Crippen LogP contribution in [0.3, 0.4) is 0 Å². The molecule has 0 amide bonds. The maximum atomic E-state index is 12.4. The van der Waals surface area contributed by atoms with Crippen LogP contribution in [0.1, 0.15) is 25.7 Å². The van der Waals surface area contributed by atoms with Gasteiger partial charge in [0.2, 0.25) is 0 Å². The van der Waals surface area contributed by atoms with Crippen molar-refractivity contribution in [2.75, 3.05) is 13.2 Å². The largest absolute Gasteiger partial charge is 0.367 e. The van der Waals surface area contributed by atoms with Gasteiger partial charge in [0.1, 0.15) is 13.2 Å². The fourth-order valence-electron chi connectivity index (χ4n) is 1.72. The molecular weight excluding hydrogens is 228 g/mol.